The van der Waals surface area contributed by atoms with Gasteiger partial charge in [-0.05, 0) is 62.2 Å². The summed E-state index contributed by atoms with van der Waals surface area (Å²) in [6.07, 6.45) is 0. The number of hydrogen-bond acceptors (Lipinski definition) is 5. The van der Waals surface area contributed by atoms with E-state index in [1.54, 1.807) is 12.1 Å². The van der Waals surface area contributed by atoms with Gasteiger partial charge in [0, 0.05) is 17.3 Å². The highest BCUT2D eigenvalue weighted by atomic mass is 35.5. The first-order valence-electron chi connectivity index (χ1n) is 9.27. The zero-order valence-corrected chi connectivity index (χ0v) is 18.2. The Balaban J connectivity index is 1.58. The number of benzene rings is 2. The van der Waals surface area contributed by atoms with Crippen LogP contribution < -0.4 is 10.1 Å². The normalized spacial score (nSPS) is 10.8. The van der Waals surface area contributed by atoms with Crippen molar-refractivity contribution in [2.24, 2.45) is 0 Å². The van der Waals surface area contributed by atoms with Crippen molar-refractivity contribution in [3.63, 3.8) is 0 Å². The molecule has 1 aromatic heterocycles. The van der Waals surface area contributed by atoms with Crippen molar-refractivity contribution in [1.82, 2.24) is 14.8 Å². The van der Waals surface area contributed by atoms with Gasteiger partial charge in [0.05, 0.1) is 5.75 Å². The van der Waals surface area contributed by atoms with Crippen molar-refractivity contribution in [1.29, 1.82) is 0 Å². The van der Waals surface area contributed by atoms with Gasteiger partial charge in [0.25, 0.3) is 0 Å². The van der Waals surface area contributed by atoms with E-state index in [4.69, 9.17) is 16.3 Å². The number of ether oxygens (including phenoxy) is 1. The fraction of sp³-hybridized carbons (Fsp3) is 0.286. The second-order valence-electron chi connectivity index (χ2n) is 6.47. The smallest absolute Gasteiger partial charge is 0.234 e. The number of rotatable bonds is 8. The minimum absolute atomic E-state index is 0.0756. The van der Waals surface area contributed by atoms with Crippen LogP contribution in [0.3, 0.4) is 0 Å². The second-order valence-corrected chi connectivity index (χ2v) is 7.85. The van der Waals surface area contributed by atoms with Gasteiger partial charge in [0.15, 0.2) is 11.0 Å². The third-order valence-electron chi connectivity index (χ3n) is 4.50. The van der Waals surface area contributed by atoms with E-state index in [0.717, 1.165) is 16.8 Å². The fourth-order valence-electron chi connectivity index (χ4n) is 2.73. The number of thioether (sulfide) groups is 1. The summed E-state index contributed by atoms with van der Waals surface area (Å²) in [4.78, 5) is 12.4. The van der Waals surface area contributed by atoms with E-state index in [9.17, 15) is 4.79 Å². The van der Waals surface area contributed by atoms with Crippen LogP contribution in [0, 0.1) is 13.8 Å². The number of aromatic nitrogens is 3. The summed E-state index contributed by atoms with van der Waals surface area (Å²) in [6.45, 7) is 7.01. The molecular weight excluding hydrogens is 408 g/mol. The Hall–Kier alpha value is -2.51. The molecule has 0 unspecified atom stereocenters. The number of aryl methyl sites for hydroxylation is 1. The topological polar surface area (TPSA) is 69.0 Å². The van der Waals surface area contributed by atoms with Crippen molar-refractivity contribution >= 4 is 35.0 Å². The molecule has 0 bridgehead atoms. The Morgan fingerprint density at radius 2 is 1.93 bits per heavy atom. The number of nitrogens with zero attached hydrogens (tertiary/aromatic N) is 3. The van der Waals surface area contributed by atoms with Crippen molar-refractivity contribution in [3.05, 3.63) is 64.4 Å². The average Bonchev–Trinajstić information content (AvgIpc) is 3.11. The lowest BCUT2D eigenvalue weighted by atomic mass is 10.1. The first-order valence-corrected chi connectivity index (χ1v) is 10.6. The van der Waals surface area contributed by atoms with Gasteiger partial charge in [-0.3, -0.25) is 4.79 Å². The SMILES string of the molecule is CCn1c(COc2ccc(Cl)cc2)nnc1SCC(=O)Nc1cccc(C)c1C. The lowest BCUT2D eigenvalue weighted by Gasteiger charge is -2.11. The van der Waals surface area contributed by atoms with Crippen molar-refractivity contribution < 1.29 is 9.53 Å². The summed E-state index contributed by atoms with van der Waals surface area (Å²) >= 11 is 7.25. The van der Waals surface area contributed by atoms with Crippen LogP contribution in [-0.2, 0) is 17.9 Å². The average molecular weight is 431 g/mol. The quantitative estimate of drug-likeness (QED) is 0.516. The first kappa shape index (κ1) is 21.2. The van der Waals surface area contributed by atoms with E-state index in [0.29, 0.717) is 28.3 Å². The molecule has 0 aliphatic carbocycles. The zero-order valence-electron chi connectivity index (χ0n) is 16.6. The van der Waals surface area contributed by atoms with E-state index in [2.05, 4.69) is 15.5 Å². The molecule has 2 aromatic carbocycles. The molecule has 8 heteroatoms. The van der Waals surface area contributed by atoms with E-state index in [1.807, 2.05) is 55.7 Å². The van der Waals surface area contributed by atoms with Crippen molar-refractivity contribution in [2.45, 2.75) is 39.1 Å². The first-order chi connectivity index (χ1) is 14.0. The monoisotopic (exact) mass is 430 g/mol. The molecule has 0 saturated carbocycles. The molecule has 1 N–H and O–H groups in total. The summed E-state index contributed by atoms with van der Waals surface area (Å²) in [5.41, 5.74) is 3.06. The molecule has 0 atom stereocenters. The van der Waals surface area contributed by atoms with Gasteiger partial charge < -0.3 is 14.6 Å². The van der Waals surface area contributed by atoms with Crippen LogP contribution in [0.4, 0.5) is 5.69 Å². The Labute approximate surface area is 179 Å². The molecule has 1 heterocycles. The number of amides is 1. The molecule has 0 aliphatic heterocycles. The number of carbonyl (C=O) groups is 1. The van der Waals surface area contributed by atoms with E-state index >= 15 is 0 Å². The number of hydrogen-bond donors (Lipinski definition) is 1. The highest BCUT2D eigenvalue weighted by molar-refractivity contribution is 7.99. The highest BCUT2D eigenvalue weighted by Gasteiger charge is 2.14. The molecular formula is C21H23ClN4O2S. The summed E-state index contributed by atoms with van der Waals surface area (Å²) in [6, 6.07) is 13.0. The van der Waals surface area contributed by atoms with Crippen LogP contribution in [0.15, 0.2) is 47.6 Å². The number of carbonyl (C=O) groups excluding carboxylic acids is 1. The zero-order chi connectivity index (χ0) is 20.8. The van der Waals surface area contributed by atoms with Gasteiger partial charge in [-0.2, -0.15) is 0 Å². The van der Waals surface area contributed by atoms with Crippen LogP contribution in [0.1, 0.15) is 23.9 Å². The van der Waals surface area contributed by atoms with Gasteiger partial charge in [-0.1, -0.05) is 35.5 Å². The fourth-order valence-corrected chi connectivity index (χ4v) is 3.68. The predicted molar refractivity (Wildman–Crippen MR) is 117 cm³/mol. The van der Waals surface area contributed by atoms with Crippen LogP contribution in [0.25, 0.3) is 0 Å². The summed E-state index contributed by atoms with van der Waals surface area (Å²) in [7, 11) is 0. The third-order valence-corrected chi connectivity index (χ3v) is 5.72. The molecule has 0 spiro atoms. The second kappa shape index (κ2) is 9.80. The van der Waals surface area contributed by atoms with Crippen molar-refractivity contribution in [2.75, 3.05) is 11.1 Å². The molecule has 6 nitrogen and oxygen atoms in total. The molecule has 152 valence electrons. The maximum Gasteiger partial charge on any atom is 0.234 e. The minimum Gasteiger partial charge on any atom is -0.486 e. The highest BCUT2D eigenvalue weighted by Crippen LogP contribution is 2.22. The number of halogens is 1. The maximum atomic E-state index is 12.4. The minimum atomic E-state index is -0.0756. The Kier molecular flexibility index (Phi) is 7.17. The lowest BCUT2D eigenvalue weighted by Crippen LogP contribution is -2.16. The lowest BCUT2D eigenvalue weighted by molar-refractivity contribution is -0.113. The Bertz CT molecular complexity index is 989. The predicted octanol–water partition coefficient (Wildman–Crippen LogP) is 4.88. The Morgan fingerprint density at radius 1 is 1.17 bits per heavy atom. The molecule has 1 amide bonds. The summed E-state index contributed by atoms with van der Waals surface area (Å²) < 4.78 is 7.71. The van der Waals surface area contributed by atoms with Crippen LogP contribution in [-0.4, -0.2) is 26.4 Å². The van der Waals surface area contributed by atoms with Gasteiger partial charge in [-0.15, -0.1) is 10.2 Å². The third kappa shape index (κ3) is 5.52. The van der Waals surface area contributed by atoms with Gasteiger partial charge in [-0.25, -0.2) is 0 Å². The van der Waals surface area contributed by atoms with Gasteiger partial charge >= 0.3 is 0 Å². The number of anilines is 1. The van der Waals surface area contributed by atoms with Crippen LogP contribution >= 0.6 is 23.4 Å². The largest absolute Gasteiger partial charge is 0.486 e. The molecule has 0 aliphatic rings. The van der Waals surface area contributed by atoms with Gasteiger partial charge in [0.2, 0.25) is 5.91 Å². The summed E-state index contributed by atoms with van der Waals surface area (Å²) in [5, 5.41) is 12.8. The maximum absolute atomic E-state index is 12.4. The molecule has 3 rings (SSSR count). The van der Waals surface area contributed by atoms with Crippen LogP contribution in [0.2, 0.25) is 5.02 Å². The van der Waals surface area contributed by atoms with Gasteiger partial charge in [0.1, 0.15) is 12.4 Å². The summed E-state index contributed by atoms with van der Waals surface area (Å²) in [5.74, 6) is 1.60. The molecule has 29 heavy (non-hydrogen) atoms. The number of nitrogens with one attached hydrogen (secondary N) is 1. The molecule has 0 radical (unpaired) electrons. The van der Waals surface area contributed by atoms with E-state index in [-0.39, 0.29) is 18.3 Å². The van der Waals surface area contributed by atoms with Crippen LogP contribution in [0.5, 0.6) is 5.75 Å². The molecule has 3 aromatic rings. The molecule has 0 fully saturated rings. The Morgan fingerprint density at radius 3 is 2.66 bits per heavy atom. The van der Waals surface area contributed by atoms with Crippen molar-refractivity contribution in [3.8, 4) is 5.75 Å². The molecule has 0 saturated heterocycles. The standard InChI is InChI=1S/C21H23ClN4O2S/c1-4-26-19(12-28-17-10-8-16(22)9-11-17)24-25-21(26)29-13-20(27)23-18-7-5-6-14(2)15(18)3/h5-11H,4,12-13H2,1-3H3,(H,23,27). The van der Waals surface area contributed by atoms with E-state index in [1.165, 1.54) is 11.8 Å². The van der Waals surface area contributed by atoms with E-state index < -0.39 is 0 Å².